The van der Waals surface area contributed by atoms with Gasteiger partial charge in [0.15, 0.2) is 0 Å². The lowest BCUT2D eigenvalue weighted by molar-refractivity contribution is 0.0697. The number of benzene rings is 1. The van der Waals surface area contributed by atoms with Crippen LogP contribution in [0, 0.1) is 0 Å². The lowest BCUT2D eigenvalue weighted by atomic mass is 10.2. The van der Waals surface area contributed by atoms with Crippen molar-refractivity contribution < 1.29 is 14.6 Å². The fourth-order valence-corrected chi connectivity index (χ4v) is 1.63. The molecule has 1 aromatic rings. The molecule has 5 nitrogen and oxygen atoms in total. The van der Waals surface area contributed by atoms with Crippen LogP contribution < -0.4 is 5.32 Å². The summed E-state index contributed by atoms with van der Waals surface area (Å²) in [7, 11) is 3.96. The highest BCUT2D eigenvalue weighted by atomic mass is 35.5. The van der Waals surface area contributed by atoms with Gasteiger partial charge in [-0.1, -0.05) is 11.6 Å². The molecule has 0 atom stereocenters. The van der Waals surface area contributed by atoms with Crippen molar-refractivity contribution in [1.29, 1.82) is 0 Å². The van der Waals surface area contributed by atoms with Crippen LogP contribution in [0.5, 0.6) is 0 Å². The number of ether oxygens (including phenoxy) is 1. The molecule has 0 saturated heterocycles. The van der Waals surface area contributed by atoms with Gasteiger partial charge in [0.25, 0.3) is 0 Å². The number of likely N-dealkylation sites (N-methyl/N-ethyl adjacent to an activating group) is 1. The van der Waals surface area contributed by atoms with Gasteiger partial charge < -0.3 is 20.1 Å². The molecule has 0 bridgehead atoms. The molecule has 6 heteroatoms. The quantitative estimate of drug-likeness (QED) is 0.716. The SMILES string of the molecule is CN(C)CCOCCNc1ccc(Cl)cc1C(=O)O. The van der Waals surface area contributed by atoms with Crippen molar-refractivity contribution in [3.63, 3.8) is 0 Å². The van der Waals surface area contributed by atoms with E-state index in [-0.39, 0.29) is 5.56 Å². The third-order valence-electron chi connectivity index (χ3n) is 2.46. The van der Waals surface area contributed by atoms with Crippen molar-refractivity contribution in [2.75, 3.05) is 45.7 Å². The monoisotopic (exact) mass is 286 g/mol. The Hall–Kier alpha value is -1.30. The molecule has 0 aliphatic rings. The fraction of sp³-hybridized carbons (Fsp3) is 0.462. The first-order valence-corrected chi connectivity index (χ1v) is 6.37. The number of nitrogens with one attached hydrogen (secondary N) is 1. The minimum absolute atomic E-state index is 0.167. The number of anilines is 1. The number of carboxylic acid groups (broad SMARTS) is 1. The number of aromatic carboxylic acids is 1. The summed E-state index contributed by atoms with van der Waals surface area (Å²) in [4.78, 5) is 13.1. The second-order valence-corrected chi connectivity index (χ2v) is 4.77. The van der Waals surface area contributed by atoms with Crippen LogP contribution in [0.15, 0.2) is 18.2 Å². The maximum absolute atomic E-state index is 11.0. The molecule has 0 radical (unpaired) electrons. The van der Waals surface area contributed by atoms with E-state index in [1.165, 1.54) is 6.07 Å². The second kappa shape index (κ2) is 7.99. The van der Waals surface area contributed by atoms with Crippen LogP contribution in [0.1, 0.15) is 10.4 Å². The Labute approximate surface area is 118 Å². The molecule has 0 aliphatic heterocycles. The minimum Gasteiger partial charge on any atom is -0.478 e. The van der Waals surface area contributed by atoms with Gasteiger partial charge in [-0.3, -0.25) is 0 Å². The summed E-state index contributed by atoms with van der Waals surface area (Å²) in [5.74, 6) is -1.00. The Balaban J connectivity index is 2.39. The molecule has 106 valence electrons. The Kier molecular flexibility index (Phi) is 6.62. The molecule has 0 aromatic heterocycles. The minimum atomic E-state index is -1.00. The molecule has 0 spiro atoms. The van der Waals surface area contributed by atoms with Crippen molar-refractivity contribution in [3.05, 3.63) is 28.8 Å². The van der Waals surface area contributed by atoms with Crippen LogP contribution in [0.4, 0.5) is 5.69 Å². The predicted octanol–water partition coefficient (Wildman–Crippen LogP) is 2.03. The van der Waals surface area contributed by atoms with E-state index in [9.17, 15) is 4.79 Å². The number of carboxylic acids is 1. The van der Waals surface area contributed by atoms with Gasteiger partial charge in [-0.2, -0.15) is 0 Å². The zero-order valence-corrected chi connectivity index (χ0v) is 11.9. The van der Waals surface area contributed by atoms with E-state index in [4.69, 9.17) is 21.4 Å². The molecule has 2 N–H and O–H groups in total. The third kappa shape index (κ3) is 5.92. The standard InChI is InChI=1S/C13H19ClN2O3/c1-16(2)6-8-19-7-5-15-12-4-3-10(14)9-11(12)13(17)18/h3-4,9,15H,5-8H2,1-2H3,(H,17,18). The van der Waals surface area contributed by atoms with Crippen LogP contribution in [-0.4, -0.2) is 56.4 Å². The van der Waals surface area contributed by atoms with Gasteiger partial charge in [-0.25, -0.2) is 4.79 Å². The molecule has 19 heavy (non-hydrogen) atoms. The van der Waals surface area contributed by atoms with E-state index in [1.807, 2.05) is 19.0 Å². The van der Waals surface area contributed by atoms with Gasteiger partial charge >= 0.3 is 5.97 Å². The molecule has 1 aromatic carbocycles. The smallest absolute Gasteiger partial charge is 0.337 e. The van der Waals surface area contributed by atoms with E-state index >= 15 is 0 Å². The Morgan fingerprint density at radius 3 is 2.79 bits per heavy atom. The average molecular weight is 287 g/mol. The largest absolute Gasteiger partial charge is 0.478 e. The van der Waals surface area contributed by atoms with E-state index in [1.54, 1.807) is 12.1 Å². The summed E-state index contributed by atoms with van der Waals surface area (Å²) in [6.07, 6.45) is 0. The van der Waals surface area contributed by atoms with Crippen LogP contribution >= 0.6 is 11.6 Å². The molecule has 1 rings (SSSR count). The highest BCUT2D eigenvalue weighted by Crippen LogP contribution is 2.20. The van der Waals surface area contributed by atoms with Crippen molar-refractivity contribution >= 4 is 23.3 Å². The number of carbonyl (C=O) groups is 1. The van der Waals surface area contributed by atoms with Gasteiger partial charge in [0.1, 0.15) is 0 Å². The van der Waals surface area contributed by atoms with Crippen molar-refractivity contribution in [1.82, 2.24) is 4.90 Å². The lowest BCUT2D eigenvalue weighted by Gasteiger charge is -2.12. The summed E-state index contributed by atoms with van der Waals surface area (Å²) in [5.41, 5.74) is 0.717. The Morgan fingerprint density at radius 2 is 2.16 bits per heavy atom. The third-order valence-corrected chi connectivity index (χ3v) is 2.69. The molecule has 0 aliphatic carbocycles. The van der Waals surface area contributed by atoms with Crippen molar-refractivity contribution in [3.8, 4) is 0 Å². The second-order valence-electron chi connectivity index (χ2n) is 4.34. The summed E-state index contributed by atoms with van der Waals surface area (Å²) in [5, 5.41) is 12.5. The molecule has 0 heterocycles. The zero-order chi connectivity index (χ0) is 14.3. The summed E-state index contributed by atoms with van der Waals surface area (Å²) in [6.45, 7) is 2.59. The van der Waals surface area contributed by atoms with Gasteiger partial charge in [0.05, 0.1) is 18.8 Å². The van der Waals surface area contributed by atoms with Gasteiger partial charge in [-0.15, -0.1) is 0 Å². The maximum atomic E-state index is 11.0. The van der Waals surface area contributed by atoms with E-state index in [2.05, 4.69) is 5.32 Å². The number of nitrogens with zero attached hydrogens (tertiary/aromatic N) is 1. The highest BCUT2D eigenvalue weighted by Gasteiger charge is 2.10. The number of rotatable bonds is 8. The normalized spacial score (nSPS) is 10.7. The molecule has 0 saturated carbocycles. The first kappa shape index (κ1) is 15.8. The molecule has 0 fully saturated rings. The lowest BCUT2D eigenvalue weighted by Crippen LogP contribution is -2.20. The number of halogens is 1. The fourth-order valence-electron chi connectivity index (χ4n) is 1.45. The van der Waals surface area contributed by atoms with Crippen LogP contribution in [0.3, 0.4) is 0 Å². The Bertz CT molecular complexity index is 424. The van der Waals surface area contributed by atoms with Crippen molar-refractivity contribution in [2.45, 2.75) is 0 Å². The zero-order valence-electron chi connectivity index (χ0n) is 11.1. The number of hydrogen-bond donors (Lipinski definition) is 2. The topological polar surface area (TPSA) is 61.8 Å². The van der Waals surface area contributed by atoms with Crippen LogP contribution in [-0.2, 0) is 4.74 Å². The first-order valence-electron chi connectivity index (χ1n) is 6.00. The summed E-state index contributed by atoms with van der Waals surface area (Å²) < 4.78 is 5.41. The first-order chi connectivity index (χ1) is 9.00. The molecular weight excluding hydrogens is 268 g/mol. The van der Waals surface area contributed by atoms with E-state index in [0.717, 1.165) is 6.54 Å². The van der Waals surface area contributed by atoms with Crippen LogP contribution in [0.2, 0.25) is 5.02 Å². The van der Waals surface area contributed by atoms with Gasteiger partial charge in [0, 0.05) is 23.8 Å². The number of hydrogen-bond acceptors (Lipinski definition) is 4. The van der Waals surface area contributed by atoms with E-state index in [0.29, 0.717) is 30.5 Å². The van der Waals surface area contributed by atoms with E-state index < -0.39 is 5.97 Å². The van der Waals surface area contributed by atoms with Crippen LogP contribution in [0.25, 0.3) is 0 Å². The average Bonchev–Trinajstić information content (AvgIpc) is 2.34. The summed E-state index contributed by atoms with van der Waals surface area (Å²) in [6, 6.07) is 4.74. The Morgan fingerprint density at radius 1 is 1.42 bits per heavy atom. The predicted molar refractivity (Wildman–Crippen MR) is 76.3 cm³/mol. The molecule has 0 amide bonds. The molecular formula is C13H19ClN2O3. The summed E-state index contributed by atoms with van der Waals surface area (Å²) >= 11 is 5.77. The van der Waals surface area contributed by atoms with Gasteiger partial charge in [0.2, 0.25) is 0 Å². The molecule has 0 unspecified atom stereocenters. The maximum Gasteiger partial charge on any atom is 0.337 e. The van der Waals surface area contributed by atoms with Crippen molar-refractivity contribution in [2.24, 2.45) is 0 Å². The van der Waals surface area contributed by atoms with Gasteiger partial charge in [-0.05, 0) is 32.3 Å². The highest BCUT2D eigenvalue weighted by molar-refractivity contribution is 6.31.